The second kappa shape index (κ2) is 3.24. The summed E-state index contributed by atoms with van der Waals surface area (Å²) in [6, 6.07) is 0. The Morgan fingerprint density at radius 1 is 1.64 bits per heavy atom. The molecule has 0 saturated heterocycles. The van der Waals surface area contributed by atoms with Crippen molar-refractivity contribution in [1.29, 1.82) is 0 Å². The summed E-state index contributed by atoms with van der Waals surface area (Å²) in [5.74, 6) is 0.902. The van der Waals surface area contributed by atoms with Gasteiger partial charge in [-0.05, 0) is 0 Å². The minimum atomic E-state index is -0.0906. The minimum Gasteiger partial charge on any atom is -0.390 e. The summed E-state index contributed by atoms with van der Waals surface area (Å²) in [5, 5.41) is 9.32. The highest BCUT2D eigenvalue weighted by Gasteiger charge is 2.09. The maximum atomic E-state index is 8.79. The summed E-state index contributed by atoms with van der Waals surface area (Å²) in [7, 11) is 1.84. The normalized spacial score (nSPS) is 10.5. The first-order chi connectivity index (χ1) is 5.20. The van der Waals surface area contributed by atoms with Gasteiger partial charge < -0.3 is 9.67 Å². The molecule has 1 aromatic heterocycles. The Hall–Kier alpha value is -0.540. The third kappa shape index (κ3) is 1.39. The van der Waals surface area contributed by atoms with Gasteiger partial charge >= 0.3 is 0 Å². The van der Waals surface area contributed by atoms with Crippen LogP contribution < -0.4 is 0 Å². The number of aliphatic hydroxyl groups excluding tert-OH is 1. The lowest BCUT2D eigenvalue weighted by molar-refractivity contribution is 0.277. The highest BCUT2D eigenvalue weighted by Crippen LogP contribution is 2.16. The van der Waals surface area contributed by atoms with Gasteiger partial charge in [-0.25, -0.2) is 4.98 Å². The fraction of sp³-hybridized carbons (Fsp3) is 0.571. The Balaban J connectivity index is 3.12. The van der Waals surface area contributed by atoms with E-state index in [-0.39, 0.29) is 6.61 Å². The number of rotatable bonds is 2. The maximum Gasteiger partial charge on any atom is 0.134 e. The fourth-order valence-electron chi connectivity index (χ4n) is 1.00. The molecule has 0 saturated carbocycles. The lowest BCUT2D eigenvalue weighted by Crippen LogP contribution is -1.94. The van der Waals surface area contributed by atoms with Crippen molar-refractivity contribution >= 4 is 11.6 Å². The SMILES string of the molecule is CCc1nc(CO)c(Cl)n1C. The number of hydrogen-bond acceptors (Lipinski definition) is 2. The molecular weight excluding hydrogens is 164 g/mol. The van der Waals surface area contributed by atoms with Gasteiger partial charge in [-0.2, -0.15) is 0 Å². The van der Waals surface area contributed by atoms with Crippen LogP contribution in [0.2, 0.25) is 5.15 Å². The third-order valence-corrected chi connectivity index (χ3v) is 2.12. The Morgan fingerprint density at radius 3 is 2.55 bits per heavy atom. The zero-order valence-corrected chi connectivity index (χ0v) is 7.39. The lowest BCUT2D eigenvalue weighted by Gasteiger charge is -1.96. The number of imidazole rings is 1. The van der Waals surface area contributed by atoms with E-state index in [1.807, 2.05) is 14.0 Å². The average Bonchev–Trinajstić information content (AvgIpc) is 2.30. The van der Waals surface area contributed by atoms with Gasteiger partial charge in [0, 0.05) is 13.5 Å². The third-order valence-electron chi connectivity index (χ3n) is 1.65. The van der Waals surface area contributed by atoms with Crippen LogP contribution >= 0.6 is 11.6 Å². The van der Waals surface area contributed by atoms with Crippen molar-refractivity contribution < 1.29 is 5.11 Å². The molecule has 0 aliphatic carbocycles. The molecule has 0 unspecified atom stereocenters. The smallest absolute Gasteiger partial charge is 0.134 e. The minimum absolute atomic E-state index is 0.0906. The Labute approximate surface area is 70.6 Å². The van der Waals surface area contributed by atoms with Gasteiger partial charge in [0.15, 0.2) is 0 Å². The summed E-state index contributed by atoms with van der Waals surface area (Å²) in [6.07, 6.45) is 0.830. The predicted molar refractivity (Wildman–Crippen MR) is 43.5 cm³/mol. The summed E-state index contributed by atoms with van der Waals surface area (Å²) in [4.78, 5) is 4.13. The van der Waals surface area contributed by atoms with Crippen molar-refractivity contribution in [3.63, 3.8) is 0 Å². The number of halogens is 1. The zero-order valence-electron chi connectivity index (χ0n) is 6.63. The molecule has 1 heterocycles. The molecular formula is C7H11ClN2O. The van der Waals surface area contributed by atoms with Crippen LogP contribution in [0.4, 0.5) is 0 Å². The fourth-order valence-corrected chi connectivity index (χ4v) is 1.20. The average molecular weight is 175 g/mol. The summed E-state index contributed by atoms with van der Waals surface area (Å²) < 4.78 is 1.78. The number of aliphatic hydroxyl groups is 1. The standard InChI is InChI=1S/C7H11ClN2O/c1-3-6-9-5(4-11)7(8)10(6)2/h11H,3-4H2,1-2H3. The Bertz CT molecular complexity index is 233. The van der Waals surface area contributed by atoms with Gasteiger partial charge in [-0.1, -0.05) is 18.5 Å². The number of aromatic nitrogens is 2. The molecule has 62 valence electrons. The van der Waals surface area contributed by atoms with Gasteiger partial charge in [0.05, 0.1) is 6.61 Å². The van der Waals surface area contributed by atoms with E-state index in [0.29, 0.717) is 10.8 Å². The Kier molecular flexibility index (Phi) is 2.52. The van der Waals surface area contributed by atoms with Crippen molar-refractivity contribution in [3.05, 3.63) is 16.7 Å². The topological polar surface area (TPSA) is 38.1 Å². The van der Waals surface area contributed by atoms with Crippen molar-refractivity contribution in [2.24, 2.45) is 7.05 Å². The molecule has 0 fully saturated rings. The molecule has 0 atom stereocenters. The first-order valence-corrected chi connectivity index (χ1v) is 3.89. The second-order valence-electron chi connectivity index (χ2n) is 2.34. The van der Waals surface area contributed by atoms with E-state index in [4.69, 9.17) is 16.7 Å². The number of hydrogen-bond donors (Lipinski definition) is 1. The van der Waals surface area contributed by atoms with E-state index in [1.54, 1.807) is 4.57 Å². The van der Waals surface area contributed by atoms with E-state index >= 15 is 0 Å². The van der Waals surface area contributed by atoms with Crippen LogP contribution in [0.3, 0.4) is 0 Å². The molecule has 0 spiro atoms. The molecule has 0 aromatic carbocycles. The molecule has 0 aliphatic rings. The van der Waals surface area contributed by atoms with E-state index in [2.05, 4.69) is 4.98 Å². The van der Waals surface area contributed by atoms with Crippen molar-refractivity contribution in [1.82, 2.24) is 9.55 Å². The molecule has 3 nitrogen and oxygen atoms in total. The zero-order chi connectivity index (χ0) is 8.43. The first kappa shape index (κ1) is 8.56. The molecule has 11 heavy (non-hydrogen) atoms. The molecule has 4 heteroatoms. The van der Waals surface area contributed by atoms with Crippen LogP contribution in [0.15, 0.2) is 0 Å². The quantitative estimate of drug-likeness (QED) is 0.730. The molecule has 0 aliphatic heterocycles. The highest BCUT2D eigenvalue weighted by atomic mass is 35.5. The largest absolute Gasteiger partial charge is 0.390 e. The molecule has 0 amide bonds. The molecule has 0 radical (unpaired) electrons. The van der Waals surface area contributed by atoms with E-state index in [9.17, 15) is 0 Å². The molecule has 1 rings (SSSR count). The van der Waals surface area contributed by atoms with Crippen LogP contribution in [0, 0.1) is 0 Å². The van der Waals surface area contributed by atoms with Crippen LogP contribution in [0.5, 0.6) is 0 Å². The van der Waals surface area contributed by atoms with Gasteiger partial charge in [0.1, 0.15) is 16.7 Å². The van der Waals surface area contributed by atoms with Crippen molar-refractivity contribution in [2.75, 3.05) is 0 Å². The van der Waals surface area contributed by atoms with E-state index in [0.717, 1.165) is 12.2 Å². The second-order valence-corrected chi connectivity index (χ2v) is 2.69. The maximum absolute atomic E-state index is 8.79. The summed E-state index contributed by atoms with van der Waals surface area (Å²) in [6.45, 7) is 1.91. The Morgan fingerprint density at radius 2 is 2.27 bits per heavy atom. The number of aryl methyl sites for hydroxylation is 1. The van der Waals surface area contributed by atoms with Gasteiger partial charge in [-0.15, -0.1) is 0 Å². The first-order valence-electron chi connectivity index (χ1n) is 3.51. The van der Waals surface area contributed by atoms with Crippen LogP contribution in [0.25, 0.3) is 0 Å². The highest BCUT2D eigenvalue weighted by molar-refractivity contribution is 6.30. The van der Waals surface area contributed by atoms with Crippen LogP contribution in [-0.4, -0.2) is 14.7 Å². The van der Waals surface area contributed by atoms with E-state index in [1.165, 1.54) is 0 Å². The van der Waals surface area contributed by atoms with Crippen LogP contribution in [-0.2, 0) is 20.1 Å². The van der Waals surface area contributed by atoms with Crippen molar-refractivity contribution in [2.45, 2.75) is 20.0 Å². The lowest BCUT2D eigenvalue weighted by atomic mass is 10.5. The molecule has 1 N–H and O–H groups in total. The number of nitrogens with zero attached hydrogens (tertiary/aromatic N) is 2. The molecule has 0 bridgehead atoms. The van der Waals surface area contributed by atoms with Gasteiger partial charge in [0.25, 0.3) is 0 Å². The predicted octanol–water partition coefficient (Wildman–Crippen LogP) is 1.13. The van der Waals surface area contributed by atoms with Gasteiger partial charge in [-0.3, -0.25) is 0 Å². The van der Waals surface area contributed by atoms with Crippen molar-refractivity contribution in [3.8, 4) is 0 Å². The van der Waals surface area contributed by atoms with Gasteiger partial charge in [0.2, 0.25) is 0 Å². The molecule has 1 aromatic rings. The monoisotopic (exact) mass is 174 g/mol. The van der Waals surface area contributed by atoms with Crippen LogP contribution in [0.1, 0.15) is 18.4 Å². The summed E-state index contributed by atoms with van der Waals surface area (Å²) >= 11 is 5.83. The summed E-state index contributed by atoms with van der Waals surface area (Å²) in [5.41, 5.74) is 0.561. The van der Waals surface area contributed by atoms with E-state index < -0.39 is 0 Å².